The van der Waals surface area contributed by atoms with Crippen LogP contribution in [0.1, 0.15) is 34.8 Å². The lowest BCUT2D eigenvalue weighted by atomic mass is 10.1. The van der Waals surface area contributed by atoms with Crippen LogP contribution in [0, 0.1) is 0 Å². The fourth-order valence-corrected chi connectivity index (χ4v) is 2.19. The molecule has 0 aliphatic heterocycles. The van der Waals surface area contributed by atoms with Gasteiger partial charge in [0.15, 0.2) is 0 Å². The van der Waals surface area contributed by atoms with E-state index in [4.69, 9.17) is 0 Å². The number of amides is 2. The first-order valence-corrected chi connectivity index (χ1v) is 8.53. The van der Waals surface area contributed by atoms with Crippen LogP contribution in [0.25, 0.3) is 0 Å². The monoisotopic (exact) mass is 395 g/mol. The third-order valence-electron chi connectivity index (χ3n) is 3.62. The molecule has 0 aliphatic rings. The highest BCUT2D eigenvalue weighted by Crippen LogP contribution is 2.16. The first-order chi connectivity index (χ1) is 13.3. The second-order valence-corrected chi connectivity index (χ2v) is 5.94. The zero-order valence-corrected chi connectivity index (χ0v) is 15.2. The topological polar surface area (TPSA) is 80.3 Å². The van der Waals surface area contributed by atoms with Gasteiger partial charge in [-0.1, -0.05) is 31.2 Å². The molecule has 1 heterocycles. The first-order valence-electron chi connectivity index (χ1n) is 8.53. The summed E-state index contributed by atoms with van der Waals surface area (Å²) >= 11 is 0. The molecule has 2 aromatic rings. The molecule has 0 aliphatic carbocycles. The number of aromatic nitrogens is 1. The number of halogens is 3. The number of rotatable bonds is 8. The number of benzene rings is 1. The fourth-order valence-electron chi connectivity index (χ4n) is 2.19. The minimum Gasteiger partial charge on any atom is -0.367 e. The molecular weight excluding hydrogens is 375 g/mol. The van der Waals surface area contributed by atoms with Crippen LogP contribution in [0.2, 0.25) is 0 Å². The van der Waals surface area contributed by atoms with Crippen molar-refractivity contribution in [2.45, 2.75) is 32.7 Å². The standard InChI is InChI=1S/C19H20F3N3O3/c1-2-17(26)25-16-9-15(7-8-23-16)18(27)24-10-13-3-5-14(6-4-13)11-28-12-19(20,21)22/h3-9H,2,10-12H2,1H3,(H,24,27)(H,23,25,26). The molecule has 0 fully saturated rings. The van der Waals surface area contributed by atoms with E-state index in [1.54, 1.807) is 31.2 Å². The van der Waals surface area contributed by atoms with Gasteiger partial charge in [-0.05, 0) is 23.3 Å². The number of nitrogens with zero attached hydrogens (tertiary/aromatic N) is 1. The Balaban J connectivity index is 1.85. The second-order valence-electron chi connectivity index (χ2n) is 5.94. The minimum absolute atomic E-state index is 0.143. The van der Waals surface area contributed by atoms with Crippen LogP contribution in [0.5, 0.6) is 0 Å². The van der Waals surface area contributed by atoms with E-state index in [1.807, 2.05) is 0 Å². The molecule has 2 amide bonds. The van der Waals surface area contributed by atoms with E-state index in [-0.39, 0.29) is 25.0 Å². The van der Waals surface area contributed by atoms with Crippen LogP contribution in [0.15, 0.2) is 42.6 Å². The van der Waals surface area contributed by atoms with Gasteiger partial charge in [0.1, 0.15) is 12.4 Å². The molecule has 0 atom stereocenters. The molecule has 0 radical (unpaired) electrons. The average molecular weight is 395 g/mol. The van der Waals surface area contributed by atoms with Crippen molar-refractivity contribution in [1.29, 1.82) is 0 Å². The third kappa shape index (κ3) is 7.36. The molecule has 1 aromatic carbocycles. The van der Waals surface area contributed by atoms with Crippen LogP contribution in [-0.2, 0) is 22.7 Å². The van der Waals surface area contributed by atoms with Crippen LogP contribution in [-0.4, -0.2) is 29.6 Å². The molecule has 2 N–H and O–H groups in total. The lowest BCUT2D eigenvalue weighted by molar-refractivity contribution is -0.176. The summed E-state index contributed by atoms with van der Waals surface area (Å²) in [7, 11) is 0. The number of carbonyl (C=O) groups excluding carboxylic acids is 2. The number of carbonyl (C=O) groups is 2. The Hall–Kier alpha value is -2.94. The molecule has 0 bridgehead atoms. The number of hydrogen-bond acceptors (Lipinski definition) is 4. The number of hydrogen-bond donors (Lipinski definition) is 2. The average Bonchev–Trinajstić information content (AvgIpc) is 2.66. The van der Waals surface area contributed by atoms with Crippen molar-refractivity contribution in [1.82, 2.24) is 10.3 Å². The maximum absolute atomic E-state index is 12.2. The SMILES string of the molecule is CCC(=O)Nc1cc(C(=O)NCc2ccc(COCC(F)(F)F)cc2)ccn1. The van der Waals surface area contributed by atoms with Crippen molar-refractivity contribution in [2.24, 2.45) is 0 Å². The molecule has 2 rings (SSSR count). The molecular formula is C19H20F3N3O3. The molecule has 1 aromatic heterocycles. The zero-order chi connectivity index (χ0) is 20.6. The normalized spacial score (nSPS) is 11.1. The Labute approximate surface area is 160 Å². The Morgan fingerprint density at radius 3 is 2.43 bits per heavy atom. The van der Waals surface area contributed by atoms with Crippen molar-refractivity contribution in [2.75, 3.05) is 11.9 Å². The van der Waals surface area contributed by atoms with Gasteiger partial charge in [-0.15, -0.1) is 0 Å². The van der Waals surface area contributed by atoms with E-state index < -0.39 is 12.8 Å². The Bertz CT molecular complexity index is 808. The zero-order valence-electron chi connectivity index (χ0n) is 15.2. The second kappa shape index (κ2) is 9.84. The summed E-state index contributed by atoms with van der Waals surface area (Å²) in [5.74, 6) is -0.251. The molecule has 0 unspecified atom stereocenters. The molecule has 0 saturated heterocycles. The summed E-state index contributed by atoms with van der Waals surface area (Å²) in [6.45, 7) is 0.508. The molecule has 9 heteroatoms. The van der Waals surface area contributed by atoms with E-state index in [9.17, 15) is 22.8 Å². The van der Waals surface area contributed by atoms with Gasteiger partial charge in [0.25, 0.3) is 5.91 Å². The fraction of sp³-hybridized carbons (Fsp3) is 0.316. The number of anilines is 1. The van der Waals surface area contributed by atoms with Gasteiger partial charge in [-0.3, -0.25) is 9.59 Å². The van der Waals surface area contributed by atoms with Crippen LogP contribution in [0.3, 0.4) is 0 Å². The van der Waals surface area contributed by atoms with E-state index >= 15 is 0 Å². The number of nitrogens with one attached hydrogen (secondary N) is 2. The molecule has 28 heavy (non-hydrogen) atoms. The van der Waals surface area contributed by atoms with Crippen molar-refractivity contribution in [3.8, 4) is 0 Å². The van der Waals surface area contributed by atoms with Crippen LogP contribution >= 0.6 is 0 Å². The first kappa shape index (κ1) is 21.4. The third-order valence-corrected chi connectivity index (χ3v) is 3.62. The predicted octanol–water partition coefficient (Wildman–Crippen LogP) is 3.44. The highest BCUT2D eigenvalue weighted by molar-refractivity contribution is 5.96. The quantitative estimate of drug-likeness (QED) is 0.718. The number of ether oxygens (including phenoxy) is 1. The van der Waals surface area contributed by atoms with Gasteiger partial charge in [0, 0.05) is 24.7 Å². The van der Waals surface area contributed by atoms with Crippen molar-refractivity contribution < 1.29 is 27.5 Å². The van der Waals surface area contributed by atoms with Crippen molar-refractivity contribution in [3.63, 3.8) is 0 Å². The Kier molecular flexibility index (Phi) is 7.51. The van der Waals surface area contributed by atoms with Gasteiger partial charge >= 0.3 is 6.18 Å². The van der Waals surface area contributed by atoms with Crippen LogP contribution < -0.4 is 10.6 Å². The lowest BCUT2D eigenvalue weighted by Crippen LogP contribution is -2.23. The maximum atomic E-state index is 12.2. The Morgan fingerprint density at radius 1 is 1.11 bits per heavy atom. The largest absolute Gasteiger partial charge is 0.411 e. The predicted molar refractivity (Wildman–Crippen MR) is 96.5 cm³/mol. The minimum atomic E-state index is -4.35. The summed E-state index contributed by atoms with van der Waals surface area (Å²) in [5, 5.41) is 5.31. The van der Waals surface area contributed by atoms with Gasteiger partial charge in [-0.25, -0.2) is 4.98 Å². The molecule has 0 saturated carbocycles. The Morgan fingerprint density at radius 2 is 1.79 bits per heavy atom. The summed E-state index contributed by atoms with van der Waals surface area (Å²) in [4.78, 5) is 27.6. The summed E-state index contributed by atoms with van der Waals surface area (Å²) in [5.41, 5.74) is 1.73. The lowest BCUT2D eigenvalue weighted by Gasteiger charge is -2.09. The highest BCUT2D eigenvalue weighted by atomic mass is 19.4. The smallest absolute Gasteiger partial charge is 0.367 e. The maximum Gasteiger partial charge on any atom is 0.411 e. The molecule has 6 nitrogen and oxygen atoms in total. The summed E-state index contributed by atoms with van der Waals surface area (Å²) in [6.07, 6.45) is -2.62. The van der Waals surface area contributed by atoms with E-state index in [2.05, 4.69) is 20.4 Å². The van der Waals surface area contributed by atoms with Crippen LogP contribution in [0.4, 0.5) is 19.0 Å². The highest BCUT2D eigenvalue weighted by Gasteiger charge is 2.27. The van der Waals surface area contributed by atoms with Gasteiger partial charge in [-0.2, -0.15) is 13.2 Å². The number of pyridine rings is 1. The molecule has 0 spiro atoms. The van der Waals surface area contributed by atoms with Gasteiger partial charge < -0.3 is 15.4 Å². The summed E-state index contributed by atoms with van der Waals surface area (Å²) in [6, 6.07) is 9.69. The number of alkyl halides is 3. The van der Waals surface area contributed by atoms with Gasteiger partial charge in [0.05, 0.1) is 6.61 Å². The van der Waals surface area contributed by atoms with Crippen molar-refractivity contribution >= 4 is 17.6 Å². The van der Waals surface area contributed by atoms with E-state index in [1.165, 1.54) is 18.3 Å². The molecule has 150 valence electrons. The summed E-state index contributed by atoms with van der Waals surface area (Å²) < 4.78 is 40.8. The van der Waals surface area contributed by atoms with Gasteiger partial charge in [0.2, 0.25) is 5.91 Å². The van der Waals surface area contributed by atoms with Crippen molar-refractivity contribution in [3.05, 3.63) is 59.3 Å². The van der Waals surface area contributed by atoms with E-state index in [0.717, 1.165) is 5.56 Å². The van der Waals surface area contributed by atoms with E-state index in [0.29, 0.717) is 23.4 Å².